The van der Waals surface area contributed by atoms with Crippen LogP contribution < -0.4 is 10.6 Å². The average Bonchev–Trinajstić information content (AvgIpc) is 2.79. The molecule has 0 saturated heterocycles. The molecule has 0 fully saturated rings. The number of ether oxygens (including phenoxy) is 1. The van der Waals surface area contributed by atoms with Gasteiger partial charge in [0.2, 0.25) is 0 Å². The fraction of sp³-hybridized carbons (Fsp3) is 0.545. The van der Waals surface area contributed by atoms with Gasteiger partial charge in [-0.05, 0) is 31.6 Å². The Morgan fingerprint density at radius 1 is 1.50 bits per heavy atom. The van der Waals surface area contributed by atoms with Crippen molar-refractivity contribution in [1.29, 1.82) is 0 Å². The van der Waals surface area contributed by atoms with Gasteiger partial charge in [-0.25, -0.2) is 0 Å². The Labute approximate surface area is 101 Å². The summed E-state index contributed by atoms with van der Waals surface area (Å²) < 4.78 is 10.2. The Balaban J connectivity index is 1.99. The van der Waals surface area contributed by atoms with Crippen molar-refractivity contribution in [3.05, 3.63) is 24.2 Å². The fourth-order valence-corrected chi connectivity index (χ4v) is 1.33. The lowest BCUT2D eigenvalue weighted by molar-refractivity contribution is 0.145. The van der Waals surface area contributed by atoms with Gasteiger partial charge in [0.15, 0.2) is 5.11 Å². The Kier molecular flexibility index (Phi) is 6.60. The van der Waals surface area contributed by atoms with E-state index in [1.165, 1.54) is 0 Å². The molecule has 2 N–H and O–H groups in total. The molecule has 0 bridgehead atoms. The molecular formula is C11H18N2O2S. The second-order valence-corrected chi connectivity index (χ2v) is 3.70. The molecule has 0 radical (unpaired) electrons. The number of nitrogens with one attached hydrogen (secondary N) is 2. The summed E-state index contributed by atoms with van der Waals surface area (Å²) >= 11 is 5.11. The molecule has 0 saturated carbocycles. The van der Waals surface area contributed by atoms with E-state index in [-0.39, 0.29) is 0 Å². The molecule has 4 nitrogen and oxygen atoms in total. The Bertz CT molecular complexity index is 288. The zero-order valence-corrected chi connectivity index (χ0v) is 10.3. The minimum absolute atomic E-state index is 0.665. The van der Waals surface area contributed by atoms with Crippen LogP contribution in [0.2, 0.25) is 0 Å². The van der Waals surface area contributed by atoms with Crippen LogP contribution in [-0.4, -0.2) is 24.9 Å². The van der Waals surface area contributed by atoms with Gasteiger partial charge in [-0.1, -0.05) is 0 Å². The minimum Gasteiger partial charge on any atom is -0.472 e. The van der Waals surface area contributed by atoms with Crippen LogP contribution in [0.1, 0.15) is 18.9 Å². The first-order valence-electron chi connectivity index (χ1n) is 5.43. The number of thiocarbonyl (C=S) groups is 1. The number of hydrogen-bond acceptors (Lipinski definition) is 3. The molecule has 5 heteroatoms. The monoisotopic (exact) mass is 242 g/mol. The zero-order chi connectivity index (χ0) is 11.6. The van der Waals surface area contributed by atoms with Gasteiger partial charge < -0.3 is 19.8 Å². The average molecular weight is 242 g/mol. The summed E-state index contributed by atoms with van der Waals surface area (Å²) in [7, 11) is 0. The lowest BCUT2D eigenvalue weighted by Gasteiger charge is -2.09. The molecule has 0 aliphatic carbocycles. The SMILES string of the molecule is CCOCCCNC(=S)NCc1ccoc1. The highest BCUT2D eigenvalue weighted by molar-refractivity contribution is 7.80. The molecular weight excluding hydrogens is 224 g/mol. The molecule has 0 unspecified atom stereocenters. The van der Waals surface area contributed by atoms with Crippen molar-refractivity contribution in [2.24, 2.45) is 0 Å². The molecule has 0 amide bonds. The highest BCUT2D eigenvalue weighted by Gasteiger charge is 1.96. The quantitative estimate of drug-likeness (QED) is 0.562. The topological polar surface area (TPSA) is 46.4 Å². The van der Waals surface area contributed by atoms with Crippen molar-refractivity contribution in [1.82, 2.24) is 10.6 Å². The Morgan fingerprint density at radius 3 is 3.06 bits per heavy atom. The highest BCUT2D eigenvalue weighted by atomic mass is 32.1. The number of furan rings is 1. The summed E-state index contributed by atoms with van der Waals surface area (Å²) in [6.07, 6.45) is 4.31. The Hall–Kier alpha value is -1.07. The van der Waals surface area contributed by atoms with Crippen LogP contribution in [0, 0.1) is 0 Å². The van der Waals surface area contributed by atoms with Crippen LogP contribution >= 0.6 is 12.2 Å². The van der Waals surface area contributed by atoms with Gasteiger partial charge in [0.1, 0.15) is 0 Å². The largest absolute Gasteiger partial charge is 0.472 e. The molecule has 0 aliphatic heterocycles. The van der Waals surface area contributed by atoms with Crippen LogP contribution in [0.3, 0.4) is 0 Å². The van der Waals surface area contributed by atoms with E-state index in [4.69, 9.17) is 21.4 Å². The third-order valence-electron chi connectivity index (χ3n) is 1.99. The first-order valence-corrected chi connectivity index (χ1v) is 5.84. The molecule has 1 aromatic heterocycles. The summed E-state index contributed by atoms with van der Waals surface area (Å²) in [6.45, 7) is 5.05. The van der Waals surface area contributed by atoms with Crippen molar-refractivity contribution >= 4 is 17.3 Å². The van der Waals surface area contributed by atoms with Gasteiger partial charge in [-0.3, -0.25) is 0 Å². The van der Waals surface area contributed by atoms with Gasteiger partial charge in [0, 0.05) is 31.9 Å². The van der Waals surface area contributed by atoms with Crippen LogP contribution in [0.5, 0.6) is 0 Å². The van der Waals surface area contributed by atoms with E-state index in [0.717, 1.165) is 31.7 Å². The molecule has 0 aromatic carbocycles. The molecule has 0 spiro atoms. The Morgan fingerprint density at radius 2 is 2.38 bits per heavy atom. The summed E-state index contributed by atoms with van der Waals surface area (Å²) in [6, 6.07) is 1.91. The van der Waals surface area contributed by atoms with E-state index in [1.54, 1.807) is 12.5 Å². The lowest BCUT2D eigenvalue weighted by Crippen LogP contribution is -2.35. The molecule has 1 rings (SSSR count). The van der Waals surface area contributed by atoms with Gasteiger partial charge in [0.05, 0.1) is 12.5 Å². The summed E-state index contributed by atoms with van der Waals surface area (Å²) in [5.41, 5.74) is 1.08. The maximum absolute atomic E-state index is 5.22. The third kappa shape index (κ3) is 5.72. The van der Waals surface area contributed by atoms with E-state index in [0.29, 0.717) is 11.7 Å². The molecule has 0 aliphatic rings. The van der Waals surface area contributed by atoms with Crippen molar-refractivity contribution in [3.8, 4) is 0 Å². The van der Waals surface area contributed by atoms with Crippen LogP contribution in [0.25, 0.3) is 0 Å². The summed E-state index contributed by atoms with van der Waals surface area (Å²) in [4.78, 5) is 0. The van der Waals surface area contributed by atoms with E-state index in [1.807, 2.05) is 13.0 Å². The van der Waals surface area contributed by atoms with Crippen molar-refractivity contribution in [2.45, 2.75) is 19.9 Å². The molecule has 0 atom stereocenters. The van der Waals surface area contributed by atoms with E-state index < -0.39 is 0 Å². The molecule has 16 heavy (non-hydrogen) atoms. The second kappa shape index (κ2) is 8.13. The van der Waals surface area contributed by atoms with Crippen LogP contribution in [0.4, 0.5) is 0 Å². The van der Waals surface area contributed by atoms with Crippen molar-refractivity contribution < 1.29 is 9.15 Å². The maximum Gasteiger partial charge on any atom is 0.166 e. The standard InChI is InChI=1S/C11H18N2O2S/c1-2-14-6-3-5-12-11(16)13-8-10-4-7-15-9-10/h4,7,9H,2-3,5-6,8H2,1H3,(H2,12,13,16). The minimum atomic E-state index is 0.665. The molecule has 1 aromatic rings. The third-order valence-corrected chi connectivity index (χ3v) is 2.28. The summed E-state index contributed by atoms with van der Waals surface area (Å²) in [5, 5.41) is 6.87. The molecule has 90 valence electrons. The number of hydrogen-bond donors (Lipinski definition) is 2. The van der Waals surface area contributed by atoms with Crippen LogP contribution in [-0.2, 0) is 11.3 Å². The van der Waals surface area contributed by atoms with Crippen LogP contribution in [0.15, 0.2) is 23.0 Å². The van der Waals surface area contributed by atoms with Crippen molar-refractivity contribution in [3.63, 3.8) is 0 Å². The maximum atomic E-state index is 5.22. The van der Waals surface area contributed by atoms with Crippen molar-refractivity contribution in [2.75, 3.05) is 19.8 Å². The molecule has 1 heterocycles. The van der Waals surface area contributed by atoms with Gasteiger partial charge >= 0.3 is 0 Å². The van der Waals surface area contributed by atoms with E-state index in [2.05, 4.69) is 10.6 Å². The lowest BCUT2D eigenvalue weighted by atomic mass is 10.3. The van der Waals surface area contributed by atoms with E-state index in [9.17, 15) is 0 Å². The predicted molar refractivity (Wildman–Crippen MR) is 67.3 cm³/mol. The second-order valence-electron chi connectivity index (χ2n) is 3.29. The predicted octanol–water partition coefficient (Wildman–Crippen LogP) is 1.67. The summed E-state index contributed by atoms with van der Waals surface area (Å²) in [5.74, 6) is 0. The normalized spacial score (nSPS) is 10.1. The smallest absolute Gasteiger partial charge is 0.166 e. The first-order chi connectivity index (χ1) is 7.83. The first kappa shape index (κ1) is 13.0. The van der Waals surface area contributed by atoms with Gasteiger partial charge in [0.25, 0.3) is 0 Å². The zero-order valence-electron chi connectivity index (χ0n) is 9.49. The number of rotatable bonds is 7. The van der Waals surface area contributed by atoms with Gasteiger partial charge in [-0.15, -0.1) is 0 Å². The van der Waals surface area contributed by atoms with E-state index >= 15 is 0 Å². The fourth-order valence-electron chi connectivity index (χ4n) is 1.16. The highest BCUT2D eigenvalue weighted by Crippen LogP contribution is 1.97. The van der Waals surface area contributed by atoms with Gasteiger partial charge in [-0.2, -0.15) is 0 Å².